The van der Waals surface area contributed by atoms with Crippen LogP contribution < -0.4 is 10.6 Å². The van der Waals surface area contributed by atoms with E-state index in [1.807, 2.05) is 0 Å². The van der Waals surface area contributed by atoms with Gasteiger partial charge in [0.05, 0.1) is 16.5 Å². The molecule has 1 unspecified atom stereocenters. The van der Waals surface area contributed by atoms with Crippen molar-refractivity contribution in [3.8, 4) is 0 Å². The average Bonchev–Trinajstić information content (AvgIpc) is 3.27. The van der Waals surface area contributed by atoms with Crippen LogP contribution in [0.5, 0.6) is 0 Å². The zero-order valence-corrected chi connectivity index (χ0v) is 18.5. The fraction of sp³-hybridized carbons (Fsp3) is 0.444. The first-order valence-corrected chi connectivity index (χ1v) is 12.1. The van der Waals surface area contributed by atoms with Crippen LogP contribution in [0.4, 0.5) is 19.0 Å². The first kappa shape index (κ1) is 23.8. The van der Waals surface area contributed by atoms with Crippen molar-refractivity contribution in [1.29, 1.82) is 0 Å². The Kier molecular flexibility index (Phi) is 7.45. The number of rotatable bonds is 7. The van der Waals surface area contributed by atoms with Crippen LogP contribution in [0.25, 0.3) is 0 Å². The molecule has 7 nitrogen and oxygen atoms in total. The van der Waals surface area contributed by atoms with Crippen LogP contribution in [0.3, 0.4) is 0 Å². The van der Waals surface area contributed by atoms with Gasteiger partial charge in [0.1, 0.15) is 10.0 Å². The van der Waals surface area contributed by atoms with Gasteiger partial charge in [-0.25, -0.2) is 13.4 Å². The SMILES string of the molecule is O=C(NCCNc1ncc(C(F)(F)F)cc1Cl)C1CCCN(S(=O)(=O)c2cccs2)C1. The topological polar surface area (TPSA) is 91.4 Å². The van der Waals surface area contributed by atoms with E-state index in [9.17, 15) is 26.4 Å². The highest BCUT2D eigenvalue weighted by Gasteiger charge is 2.34. The molecule has 0 spiro atoms. The summed E-state index contributed by atoms with van der Waals surface area (Å²) in [5.41, 5.74) is -0.948. The Balaban J connectivity index is 1.49. The summed E-state index contributed by atoms with van der Waals surface area (Å²) >= 11 is 6.96. The third-order valence-electron chi connectivity index (χ3n) is 4.73. The second-order valence-corrected chi connectivity index (χ2v) is 10.4. The lowest BCUT2D eigenvalue weighted by molar-refractivity contribution is -0.137. The molecule has 2 aromatic heterocycles. The number of hydrogen-bond donors (Lipinski definition) is 2. The maximum absolute atomic E-state index is 12.7. The first-order chi connectivity index (χ1) is 14.6. The molecule has 13 heteroatoms. The number of sulfonamides is 1. The molecule has 2 aromatic rings. The fourth-order valence-electron chi connectivity index (χ4n) is 3.15. The number of anilines is 1. The molecule has 1 amide bonds. The number of piperidine rings is 1. The van der Waals surface area contributed by atoms with Gasteiger partial charge in [-0.3, -0.25) is 4.79 Å². The molecule has 31 heavy (non-hydrogen) atoms. The predicted octanol–water partition coefficient (Wildman–Crippen LogP) is 3.44. The third-order valence-corrected chi connectivity index (χ3v) is 8.26. The van der Waals surface area contributed by atoms with Crippen LogP contribution in [-0.2, 0) is 21.0 Å². The molecule has 3 heterocycles. The van der Waals surface area contributed by atoms with E-state index in [1.54, 1.807) is 11.4 Å². The minimum atomic E-state index is -4.53. The van der Waals surface area contributed by atoms with E-state index in [4.69, 9.17) is 11.6 Å². The highest BCUT2D eigenvalue weighted by Crippen LogP contribution is 2.32. The van der Waals surface area contributed by atoms with E-state index in [2.05, 4.69) is 15.6 Å². The lowest BCUT2D eigenvalue weighted by Crippen LogP contribution is -2.45. The quantitative estimate of drug-likeness (QED) is 0.573. The maximum atomic E-state index is 12.7. The lowest BCUT2D eigenvalue weighted by atomic mass is 9.99. The van der Waals surface area contributed by atoms with Gasteiger partial charge in [-0.1, -0.05) is 17.7 Å². The van der Waals surface area contributed by atoms with Crippen LogP contribution >= 0.6 is 22.9 Å². The Morgan fingerprint density at radius 2 is 2.13 bits per heavy atom. The molecule has 2 N–H and O–H groups in total. The van der Waals surface area contributed by atoms with Crippen molar-refractivity contribution < 1.29 is 26.4 Å². The summed E-state index contributed by atoms with van der Waals surface area (Å²) in [5, 5.41) is 6.99. The van der Waals surface area contributed by atoms with Gasteiger partial charge in [0.2, 0.25) is 5.91 Å². The molecule has 1 aliphatic rings. The molecular weight excluding hydrogens is 477 g/mol. The van der Waals surface area contributed by atoms with Gasteiger partial charge in [-0.15, -0.1) is 11.3 Å². The number of alkyl halides is 3. The molecule has 0 saturated carbocycles. The number of carbonyl (C=O) groups excluding carboxylic acids is 1. The van der Waals surface area contributed by atoms with Gasteiger partial charge in [0, 0.05) is 32.4 Å². The molecule has 1 atom stereocenters. The molecule has 1 saturated heterocycles. The van der Waals surface area contributed by atoms with Gasteiger partial charge in [0.15, 0.2) is 0 Å². The number of halogens is 4. The van der Waals surface area contributed by atoms with Gasteiger partial charge < -0.3 is 10.6 Å². The van der Waals surface area contributed by atoms with Gasteiger partial charge >= 0.3 is 6.18 Å². The molecule has 3 rings (SSSR count). The normalized spacial score (nSPS) is 18.0. The molecule has 0 aliphatic carbocycles. The number of aromatic nitrogens is 1. The summed E-state index contributed by atoms with van der Waals surface area (Å²) in [5.74, 6) is -0.676. The summed E-state index contributed by atoms with van der Waals surface area (Å²) in [7, 11) is -3.61. The van der Waals surface area contributed by atoms with Crippen molar-refractivity contribution in [3.05, 3.63) is 40.4 Å². The van der Waals surface area contributed by atoms with Crippen molar-refractivity contribution in [2.75, 3.05) is 31.5 Å². The summed E-state index contributed by atoms with van der Waals surface area (Å²) < 4.78 is 64.8. The molecule has 0 radical (unpaired) electrons. The second kappa shape index (κ2) is 9.72. The van der Waals surface area contributed by atoms with Gasteiger partial charge in [-0.05, 0) is 30.4 Å². The smallest absolute Gasteiger partial charge is 0.367 e. The number of nitrogens with one attached hydrogen (secondary N) is 2. The Hall–Kier alpha value is -1.89. The Bertz CT molecular complexity index is 1020. The number of nitrogens with zero attached hydrogens (tertiary/aromatic N) is 2. The van der Waals surface area contributed by atoms with Crippen molar-refractivity contribution in [1.82, 2.24) is 14.6 Å². The Morgan fingerprint density at radius 3 is 2.77 bits per heavy atom. The average molecular weight is 497 g/mol. The van der Waals surface area contributed by atoms with Crippen LogP contribution in [0.15, 0.2) is 34.0 Å². The molecule has 1 aliphatic heterocycles. The van der Waals surface area contributed by atoms with Crippen molar-refractivity contribution in [2.45, 2.75) is 23.2 Å². The van der Waals surface area contributed by atoms with E-state index in [-0.39, 0.29) is 40.6 Å². The van der Waals surface area contributed by atoms with Crippen LogP contribution in [0.2, 0.25) is 5.02 Å². The van der Waals surface area contributed by atoms with E-state index in [0.29, 0.717) is 25.6 Å². The molecular formula is C18H20ClF3N4O3S2. The molecule has 0 aromatic carbocycles. The Morgan fingerprint density at radius 1 is 1.35 bits per heavy atom. The van der Waals surface area contributed by atoms with E-state index >= 15 is 0 Å². The molecule has 170 valence electrons. The monoisotopic (exact) mass is 496 g/mol. The van der Waals surface area contributed by atoms with Crippen LogP contribution in [-0.4, -0.2) is 49.8 Å². The van der Waals surface area contributed by atoms with Crippen molar-refractivity contribution >= 4 is 44.7 Å². The predicted molar refractivity (Wildman–Crippen MR) is 112 cm³/mol. The summed E-state index contributed by atoms with van der Waals surface area (Å²) in [6, 6.07) is 3.98. The number of carbonyl (C=O) groups is 1. The summed E-state index contributed by atoms with van der Waals surface area (Å²) in [6.07, 6.45) is -2.71. The molecule has 0 bridgehead atoms. The van der Waals surface area contributed by atoms with Gasteiger partial charge in [0.25, 0.3) is 10.0 Å². The maximum Gasteiger partial charge on any atom is 0.417 e. The standard InChI is InChI=1S/C18H20ClF3N4O3S2/c19-14-9-13(18(20,21)22)10-25-16(14)23-5-6-24-17(27)12-3-1-7-26(11-12)31(28,29)15-4-2-8-30-15/h2,4,8-10,12H,1,3,5-7,11H2,(H,23,25)(H,24,27). The van der Waals surface area contributed by atoms with E-state index < -0.39 is 27.7 Å². The number of amides is 1. The van der Waals surface area contributed by atoms with E-state index in [1.165, 1.54) is 10.4 Å². The van der Waals surface area contributed by atoms with Crippen LogP contribution in [0, 0.1) is 5.92 Å². The lowest BCUT2D eigenvalue weighted by Gasteiger charge is -2.30. The van der Waals surface area contributed by atoms with Crippen molar-refractivity contribution in [3.63, 3.8) is 0 Å². The largest absolute Gasteiger partial charge is 0.417 e. The second-order valence-electron chi connectivity index (χ2n) is 6.90. The zero-order chi connectivity index (χ0) is 22.6. The minimum absolute atomic E-state index is 0.0785. The number of hydrogen-bond acceptors (Lipinski definition) is 6. The number of thiophene rings is 1. The highest BCUT2D eigenvalue weighted by molar-refractivity contribution is 7.91. The molecule has 1 fully saturated rings. The Labute approximate surface area is 186 Å². The number of pyridine rings is 1. The zero-order valence-electron chi connectivity index (χ0n) is 16.2. The first-order valence-electron chi connectivity index (χ1n) is 9.37. The summed E-state index contributed by atoms with van der Waals surface area (Å²) in [6.45, 7) is 0.829. The minimum Gasteiger partial charge on any atom is -0.367 e. The van der Waals surface area contributed by atoms with E-state index in [0.717, 1.165) is 17.4 Å². The highest BCUT2D eigenvalue weighted by atomic mass is 35.5. The van der Waals surface area contributed by atoms with Gasteiger partial charge in [-0.2, -0.15) is 17.5 Å². The third kappa shape index (κ3) is 5.88. The fourth-order valence-corrected chi connectivity index (χ4v) is 6.05. The summed E-state index contributed by atoms with van der Waals surface area (Å²) in [4.78, 5) is 16.1. The van der Waals surface area contributed by atoms with Crippen molar-refractivity contribution in [2.24, 2.45) is 5.92 Å². The van der Waals surface area contributed by atoms with Crippen LogP contribution in [0.1, 0.15) is 18.4 Å².